The van der Waals surface area contributed by atoms with Crippen LogP contribution in [-0.4, -0.2) is 5.78 Å². The zero-order chi connectivity index (χ0) is 13.7. The fraction of sp³-hybridized carbons (Fsp3) is 0.611. The molecule has 0 amide bonds. The van der Waals surface area contributed by atoms with Crippen LogP contribution >= 0.6 is 0 Å². The number of Topliss-reactive ketones (excluding diaryl/α,β-unsaturated/α-hetero) is 1. The molecule has 0 unspecified atom stereocenters. The van der Waals surface area contributed by atoms with E-state index < -0.39 is 0 Å². The first kappa shape index (κ1) is 14.3. The molecule has 1 fully saturated rings. The Morgan fingerprint density at radius 2 is 1.74 bits per heavy atom. The predicted octanol–water partition coefficient (Wildman–Crippen LogP) is 4.65. The maximum Gasteiger partial charge on any atom is 0.136 e. The SMILES string of the molecule is CC(C)C1CCC(C(=O)CCc2ccccc2)CC1. The molecule has 0 saturated heterocycles. The summed E-state index contributed by atoms with van der Waals surface area (Å²) in [7, 11) is 0. The minimum atomic E-state index is 0.346. The summed E-state index contributed by atoms with van der Waals surface area (Å²) in [6.45, 7) is 4.62. The van der Waals surface area contributed by atoms with E-state index in [-0.39, 0.29) is 0 Å². The van der Waals surface area contributed by atoms with Crippen molar-refractivity contribution < 1.29 is 4.79 Å². The number of ketones is 1. The van der Waals surface area contributed by atoms with Gasteiger partial charge in [-0.15, -0.1) is 0 Å². The highest BCUT2D eigenvalue weighted by molar-refractivity contribution is 5.81. The number of hydrogen-bond donors (Lipinski definition) is 0. The Morgan fingerprint density at radius 1 is 1.11 bits per heavy atom. The van der Waals surface area contributed by atoms with Crippen molar-refractivity contribution in [2.45, 2.75) is 52.4 Å². The molecule has 1 aromatic carbocycles. The van der Waals surface area contributed by atoms with Gasteiger partial charge in [0.25, 0.3) is 0 Å². The molecule has 0 spiro atoms. The second-order valence-electron chi connectivity index (χ2n) is 6.31. The van der Waals surface area contributed by atoms with Gasteiger partial charge in [-0.05, 0) is 49.5 Å². The van der Waals surface area contributed by atoms with E-state index in [9.17, 15) is 4.79 Å². The normalized spacial score (nSPS) is 23.5. The Balaban J connectivity index is 1.76. The first-order chi connectivity index (χ1) is 9.16. The highest BCUT2D eigenvalue weighted by Crippen LogP contribution is 2.34. The average molecular weight is 258 g/mol. The molecule has 1 heteroatoms. The summed E-state index contributed by atoms with van der Waals surface area (Å²) in [6.07, 6.45) is 6.37. The quantitative estimate of drug-likeness (QED) is 0.751. The van der Waals surface area contributed by atoms with Gasteiger partial charge in [0.15, 0.2) is 0 Å². The molecule has 104 valence electrons. The number of aryl methyl sites for hydroxylation is 1. The summed E-state index contributed by atoms with van der Waals surface area (Å²) < 4.78 is 0. The lowest BCUT2D eigenvalue weighted by atomic mass is 9.75. The highest BCUT2D eigenvalue weighted by atomic mass is 16.1. The zero-order valence-electron chi connectivity index (χ0n) is 12.3. The molecule has 0 aromatic heterocycles. The Hall–Kier alpha value is -1.11. The largest absolute Gasteiger partial charge is 0.299 e. The standard InChI is InChI=1S/C18H26O/c1-14(2)16-9-11-17(12-10-16)18(19)13-8-15-6-4-3-5-7-15/h3-7,14,16-17H,8-13H2,1-2H3. The van der Waals surface area contributed by atoms with Crippen LogP contribution in [0.4, 0.5) is 0 Å². The average Bonchev–Trinajstić information content (AvgIpc) is 2.46. The van der Waals surface area contributed by atoms with Crippen LogP contribution in [0.3, 0.4) is 0 Å². The van der Waals surface area contributed by atoms with Gasteiger partial charge in [0.2, 0.25) is 0 Å². The van der Waals surface area contributed by atoms with Gasteiger partial charge in [0.05, 0.1) is 0 Å². The summed E-state index contributed by atoms with van der Waals surface area (Å²) in [6, 6.07) is 10.4. The molecule has 1 aromatic rings. The molecule has 1 nitrogen and oxygen atoms in total. The molecule has 1 aliphatic rings. The summed E-state index contributed by atoms with van der Waals surface area (Å²) >= 11 is 0. The van der Waals surface area contributed by atoms with Crippen molar-refractivity contribution in [3.8, 4) is 0 Å². The smallest absolute Gasteiger partial charge is 0.136 e. The van der Waals surface area contributed by atoms with Gasteiger partial charge in [-0.1, -0.05) is 44.2 Å². The van der Waals surface area contributed by atoms with Crippen molar-refractivity contribution in [2.75, 3.05) is 0 Å². The fourth-order valence-corrected chi connectivity index (χ4v) is 3.22. The van der Waals surface area contributed by atoms with E-state index in [0.29, 0.717) is 11.7 Å². The molecule has 0 aliphatic heterocycles. The van der Waals surface area contributed by atoms with Crippen LogP contribution in [0, 0.1) is 17.8 Å². The van der Waals surface area contributed by atoms with Crippen molar-refractivity contribution in [2.24, 2.45) is 17.8 Å². The first-order valence-electron chi connectivity index (χ1n) is 7.73. The van der Waals surface area contributed by atoms with Crippen molar-refractivity contribution in [1.82, 2.24) is 0 Å². The second-order valence-corrected chi connectivity index (χ2v) is 6.31. The molecule has 0 atom stereocenters. The number of carbonyl (C=O) groups is 1. The summed E-state index contributed by atoms with van der Waals surface area (Å²) in [4.78, 5) is 12.2. The van der Waals surface area contributed by atoms with E-state index in [1.807, 2.05) is 18.2 Å². The fourth-order valence-electron chi connectivity index (χ4n) is 3.22. The van der Waals surface area contributed by atoms with Crippen molar-refractivity contribution in [3.63, 3.8) is 0 Å². The number of rotatable bonds is 5. The zero-order valence-corrected chi connectivity index (χ0v) is 12.3. The molecule has 1 aliphatic carbocycles. The third-order valence-electron chi connectivity index (χ3n) is 4.67. The molecule has 2 rings (SSSR count). The predicted molar refractivity (Wildman–Crippen MR) is 80.1 cm³/mol. The van der Waals surface area contributed by atoms with Crippen LogP contribution in [0.5, 0.6) is 0 Å². The van der Waals surface area contributed by atoms with Crippen LogP contribution in [0.1, 0.15) is 51.5 Å². The summed E-state index contributed by atoms with van der Waals surface area (Å²) in [5, 5.41) is 0. The van der Waals surface area contributed by atoms with E-state index in [0.717, 1.165) is 37.5 Å². The minimum absolute atomic E-state index is 0.346. The van der Waals surface area contributed by atoms with Crippen LogP contribution in [0.15, 0.2) is 30.3 Å². The van der Waals surface area contributed by atoms with E-state index >= 15 is 0 Å². The van der Waals surface area contributed by atoms with Gasteiger partial charge in [-0.2, -0.15) is 0 Å². The van der Waals surface area contributed by atoms with Gasteiger partial charge < -0.3 is 0 Å². The molecule has 0 N–H and O–H groups in total. The lowest BCUT2D eigenvalue weighted by Crippen LogP contribution is -2.24. The van der Waals surface area contributed by atoms with Crippen LogP contribution < -0.4 is 0 Å². The molecular formula is C18H26O. The van der Waals surface area contributed by atoms with E-state index in [4.69, 9.17) is 0 Å². The Labute approximate surface area is 117 Å². The van der Waals surface area contributed by atoms with Crippen LogP contribution in [0.2, 0.25) is 0 Å². The summed E-state index contributed by atoms with van der Waals surface area (Å²) in [5.41, 5.74) is 1.28. The molecular weight excluding hydrogens is 232 g/mol. The second kappa shape index (κ2) is 6.88. The number of benzene rings is 1. The van der Waals surface area contributed by atoms with E-state index in [2.05, 4.69) is 26.0 Å². The van der Waals surface area contributed by atoms with Gasteiger partial charge in [0.1, 0.15) is 5.78 Å². The van der Waals surface area contributed by atoms with E-state index in [1.165, 1.54) is 18.4 Å². The van der Waals surface area contributed by atoms with Gasteiger partial charge in [0, 0.05) is 12.3 Å². The van der Waals surface area contributed by atoms with Crippen molar-refractivity contribution >= 4 is 5.78 Å². The van der Waals surface area contributed by atoms with Crippen molar-refractivity contribution in [3.05, 3.63) is 35.9 Å². The number of hydrogen-bond acceptors (Lipinski definition) is 1. The third kappa shape index (κ3) is 4.19. The number of carbonyl (C=O) groups excluding carboxylic acids is 1. The molecule has 0 heterocycles. The third-order valence-corrected chi connectivity index (χ3v) is 4.67. The molecule has 0 bridgehead atoms. The Morgan fingerprint density at radius 3 is 2.32 bits per heavy atom. The van der Waals surface area contributed by atoms with Crippen LogP contribution in [0.25, 0.3) is 0 Å². The monoisotopic (exact) mass is 258 g/mol. The maximum atomic E-state index is 12.2. The first-order valence-corrected chi connectivity index (χ1v) is 7.73. The minimum Gasteiger partial charge on any atom is -0.299 e. The lowest BCUT2D eigenvalue weighted by Gasteiger charge is -2.30. The Kier molecular flexibility index (Phi) is 5.18. The van der Waals surface area contributed by atoms with Crippen LogP contribution in [-0.2, 0) is 11.2 Å². The lowest BCUT2D eigenvalue weighted by molar-refractivity contribution is -0.124. The van der Waals surface area contributed by atoms with E-state index in [1.54, 1.807) is 0 Å². The topological polar surface area (TPSA) is 17.1 Å². The summed E-state index contributed by atoms with van der Waals surface area (Å²) in [5.74, 6) is 2.46. The maximum absolute atomic E-state index is 12.2. The van der Waals surface area contributed by atoms with Gasteiger partial charge in [-0.25, -0.2) is 0 Å². The highest BCUT2D eigenvalue weighted by Gasteiger charge is 2.27. The van der Waals surface area contributed by atoms with Gasteiger partial charge in [-0.3, -0.25) is 4.79 Å². The molecule has 0 radical (unpaired) electrons. The van der Waals surface area contributed by atoms with Crippen molar-refractivity contribution in [1.29, 1.82) is 0 Å². The molecule has 1 saturated carbocycles. The van der Waals surface area contributed by atoms with Gasteiger partial charge >= 0.3 is 0 Å². The Bertz CT molecular complexity index is 385. The molecule has 19 heavy (non-hydrogen) atoms.